The fourth-order valence-corrected chi connectivity index (χ4v) is 1.50. The maximum absolute atomic E-state index is 10.6. The first-order valence-electron chi connectivity index (χ1n) is 3.53. The van der Waals surface area contributed by atoms with E-state index in [2.05, 4.69) is 0 Å². The zero-order chi connectivity index (χ0) is 10.7. The Morgan fingerprint density at radius 3 is 1.57 bits per heavy atom. The lowest BCUT2D eigenvalue weighted by Gasteiger charge is -2.04. The Bertz CT molecular complexity index is 381. The van der Waals surface area contributed by atoms with Crippen molar-refractivity contribution in [2.24, 2.45) is 0 Å². The molecule has 1 aromatic rings. The first kappa shape index (κ1) is 10.9. The van der Waals surface area contributed by atoms with Crippen LogP contribution in [-0.2, 0) is 0 Å². The first-order valence-corrected chi connectivity index (χ1v) is 4.28. The van der Waals surface area contributed by atoms with Gasteiger partial charge in [0.05, 0.1) is 15.6 Å². The van der Waals surface area contributed by atoms with Crippen molar-refractivity contribution >= 4 is 42.1 Å². The van der Waals surface area contributed by atoms with Gasteiger partial charge in [-0.2, -0.15) is 0 Å². The van der Waals surface area contributed by atoms with Crippen LogP contribution >= 0.6 is 23.2 Å². The molecule has 0 fully saturated rings. The fraction of sp³-hybridized carbons (Fsp3) is 0. The van der Waals surface area contributed by atoms with E-state index in [4.69, 9.17) is 23.2 Å². The van der Waals surface area contributed by atoms with Crippen LogP contribution in [0.2, 0.25) is 10.0 Å². The number of hydrogen-bond donors (Lipinski definition) is 0. The Balaban J connectivity index is 3.62. The maximum atomic E-state index is 10.6. The van der Waals surface area contributed by atoms with Crippen LogP contribution < -0.4 is 0 Å². The summed E-state index contributed by atoms with van der Waals surface area (Å²) in [5.41, 5.74) is 0.0977. The van der Waals surface area contributed by atoms with E-state index in [1.165, 1.54) is 6.07 Å². The Labute approximate surface area is 89.6 Å². The monoisotopic (exact) mass is 230 g/mol. The highest BCUT2D eigenvalue weighted by Crippen LogP contribution is 2.28. The number of hydrogen-bond acceptors (Lipinski definition) is 3. The summed E-state index contributed by atoms with van der Waals surface area (Å²) < 4.78 is 0. The Morgan fingerprint density at radius 2 is 1.29 bits per heavy atom. The van der Waals surface area contributed by atoms with Gasteiger partial charge in [0, 0.05) is 11.1 Å². The minimum Gasteiger partial charge on any atom is -0.298 e. The van der Waals surface area contributed by atoms with Crippen LogP contribution in [0.25, 0.3) is 0 Å². The van der Waals surface area contributed by atoms with E-state index in [9.17, 15) is 14.4 Å². The van der Waals surface area contributed by atoms with E-state index in [-0.39, 0.29) is 26.7 Å². The highest BCUT2D eigenvalue weighted by atomic mass is 35.5. The molecular formula is C9H4Cl2O3. The van der Waals surface area contributed by atoms with Gasteiger partial charge in [0.25, 0.3) is 0 Å². The van der Waals surface area contributed by atoms with Crippen LogP contribution in [0, 0.1) is 0 Å². The first-order chi connectivity index (χ1) is 6.65. The van der Waals surface area contributed by atoms with Crippen molar-refractivity contribution in [3.8, 4) is 0 Å². The van der Waals surface area contributed by atoms with Crippen molar-refractivity contribution in [1.82, 2.24) is 0 Å². The van der Waals surface area contributed by atoms with E-state index in [1.54, 1.807) is 0 Å². The molecule has 0 saturated carbocycles. The summed E-state index contributed by atoms with van der Waals surface area (Å²) in [4.78, 5) is 31.6. The molecule has 5 heteroatoms. The van der Waals surface area contributed by atoms with Gasteiger partial charge in [-0.25, -0.2) is 0 Å². The highest BCUT2D eigenvalue weighted by molar-refractivity contribution is 6.41. The quantitative estimate of drug-likeness (QED) is 0.750. The van der Waals surface area contributed by atoms with Crippen LogP contribution in [0.15, 0.2) is 6.07 Å². The molecule has 0 saturated heterocycles. The molecule has 14 heavy (non-hydrogen) atoms. The molecule has 0 radical (unpaired) electrons. The lowest BCUT2D eigenvalue weighted by atomic mass is 10.1. The van der Waals surface area contributed by atoms with Gasteiger partial charge < -0.3 is 0 Å². The van der Waals surface area contributed by atoms with E-state index in [0.717, 1.165) is 0 Å². The van der Waals surface area contributed by atoms with Crippen molar-refractivity contribution in [2.75, 3.05) is 0 Å². The van der Waals surface area contributed by atoms with Gasteiger partial charge >= 0.3 is 0 Å². The summed E-state index contributed by atoms with van der Waals surface area (Å²) >= 11 is 11.4. The van der Waals surface area contributed by atoms with Crippen molar-refractivity contribution in [3.63, 3.8) is 0 Å². The zero-order valence-corrected chi connectivity index (χ0v) is 8.30. The smallest absolute Gasteiger partial charge is 0.153 e. The molecule has 0 heterocycles. The van der Waals surface area contributed by atoms with E-state index in [0.29, 0.717) is 18.9 Å². The fourth-order valence-electron chi connectivity index (χ4n) is 0.977. The summed E-state index contributed by atoms with van der Waals surface area (Å²) in [5.74, 6) is 0. The molecule has 0 aliphatic carbocycles. The van der Waals surface area contributed by atoms with Crippen LogP contribution in [-0.4, -0.2) is 18.9 Å². The standard InChI is InChI=1S/C9H4Cl2O3/c10-8-5(2-12)1-6(3-13)9(11)7(8)4-14/h1-4H. The van der Waals surface area contributed by atoms with Gasteiger partial charge in [0.2, 0.25) is 0 Å². The average molecular weight is 231 g/mol. The Kier molecular flexibility index (Phi) is 3.38. The Morgan fingerprint density at radius 1 is 0.857 bits per heavy atom. The van der Waals surface area contributed by atoms with E-state index < -0.39 is 0 Å². The van der Waals surface area contributed by atoms with Gasteiger partial charge in [-0.1, -0.05) is 23.2 Å². The molecule has 0 aliphatic heterocycles. The van der Waals surface area contributed by atoms with Crippen LogP contribution in [0.5, 0.6) is 0 Å². The van der Waals surface area contributed by atoms with E-state index >= 15 is 0 Å². The largest absolute Gasteiger partial charge is 0.298 e. The van der Waals surface area contributed by atoms with Crippen molar-refractivity contribution in [3.05, 3.63) is 32.8 Å². The molecule has 3 nitrogen and oxygen atoms in total. The third-order valence-corrected chi connectivity index (χ3v) is 2.51. The lowest BCUT2D eigenvalue weighted by Crippen LogP contribution is -1.96. The summed E-state index contributed by atoms with van der Waals surface area (Å²) in [6.45, 7) is 0. The van der Waals surface area contributed by atoms with Crippen molar-refractivity contribution in [1.29, 1.82) is 0 Å². The molecule has 0 spiro atoms. The van der Waals surface area contributed by atoms with E-state index in [1.807, 2.05) is 0 Å². The Hall–Kier alpha value is -1.19. The van der Waals surface area contributed by atoms with Gasteiger partial charge in [-0.3, -0.25) is 14.4 Å². The molecular weight excluding hydrogens is 227 g/mol. The highest BCUT2D eigenvalue weighted by Gasteiger charge is 2.14. The molecule has 0 aliphatic rings. The number of halogens is 2. The lowest BCUT2D eigenvalue weighted by molar-refractivity contribution is 0.112. The summed E-state index contributed by atoms with van der Waals surface area (Å²) in [5, 5.41) is -0.0730. The third kappa shape index (κ3) is 1.69. The molecule has 0 aromatic heterocycles. The zero-order valence-electron chi connectivity index (χ0n) is 6.79. The second-order valence-corrected chi connectivity index (χ2v) is 3.21. The molecule has 0 bridgehead atoms. The van der Waals surface area contributed by atoms with Crippen LogP contribution in [0.3, 0.4) is 0 Å². The molecule has 1 rings (SSSR count). The van der Waals surface area contributed by atoms with Crippen LogP contribution in [0.4, 0.5) is 0 Å². The predicted molar refractivity (Wildman–Crippen MR) is 52.6 cm³/mol. The van der Waals surface area contributed by atoms with Crippen molar-refractivity contribution < 1.29 is 14.4 Å². The van der Waals surface area contributed by atoms with Crippen molar-refractivity contribution in [2.45, 2.75) is 0 Å². The molecule has 1 aromatic carbocycles. The number of benzene rings is 1. The normalized spacial score (nSPS) is 9.57. The van der Waals surface area contributed by atoms with Crippen LogP contribution in [0.1, 0.15) is 31.1 Å². The van der Waals surface area contributed by atoms with Gasteiger partial charge in [-0.15, -0.1) is 0 Å². The number of rotatable bonds is 3. The summed E-state index contributed by atoms with van der Waals surface area (Å²) in [6, 6.07) is 1.23. The number of carbonyl (C=O) groups is 3. The average Bonchev–Trinajstić information content (AvgIpc) is 2.19. The maximum Gasteiger partial charge on any atom is 0.153 e. The predicted octanol–water partition coefficient (Wildman–Crippen LogP) is 2.43. The molecule has 0 unspecified atom stereocenters. The molecule has 0 N–H and O–H groups in total. The van der Waals surface area contributed by atoms with Gasteiger partial charge in [0.1, 0.15) is 0 Å². The number of carbonyl (C=O) groups excluding carboxylic acids is 3. The molecule has 72 valence electrons. The summed E-state index contributed by atoms with van der Waals surface area (Å²) in [7, 11) is 0. The summed E-state index contributed by atoms with van der Waals surface area (Å²) in [6.07, 6.45) is 1.32. The van der Waals surface area contributed by atoms with Gasteiger partial charge in [0.15, 0.2) is 18.9 Å². The second-order valence-electron chi connectivity index (χ2n) is 2.45. The topological polar surface area (TPSA) is 51.2 Å². The third-order valence-electron chi connectivity index (χ3n) is 1.66. The molecule has 0 amide bonds. The SMILES string of the molecule is O=Cc1cc(C=O)c(Cl)c(C=O)c1Cl. The molecule has 0 atom stereocenters. The number of aldehydes is 3. The second kappa shape index (κ2) is 4.35. The minimum atomic E-state index is -0.0416. The minimum absolute atomic E-state index is 0.0365. The van der Waals surface area contributed by atoms with Gasteiger partial charge in [-0.05, 0) is 6.07 Å².